The topological polar surface area (TPSA) is 83.9 Å². The van der Waals surface area contributed by atoms with Gasteiger partial charge in [-0.1, -0.05) is 0 Å². The largest absolute Gasteiger partial charge is 0.325 e. The van der Waals surface area contributed by atoms with Gasteiger partial charge in [-0.3, -0.25) is 4.79 Å². The number of carbonyl (C=O) groups is 1. The number of nitrogens with one attached hydrogen (secondary N) is 1. The quantitative estimate of drug-likeness (QED) is 0.731. The Morgan fingerprint density at radius 2 is 2.00 bits per heavy atom. The van der Waals surface area contributed by atoms with Gasteiger partial charge >= 0.3 is 0 Å². The molecule has 1 aliphatic carbocycles. The summed E-state index contributed by atoms with van der Waals surface area (Å²) in [7, 11) is 0. The third-order valence-corrected chi connectivity index (χ3v) is 6.23. The molecule has 5 rings (SSSR count). The molecular formula is C20H20N6OS. The normalized spacial score (nSPS) is 16.3. The fourth-order valence-electron chi connectivity index (χ4n) is 3.85. The molecular weight excluding hydrogens is 372 g/mol. The van der Waals surface area contributed by atoms with Crippen molar-refractivity contribution in [2.75, 3.05) is 16.8 Å². The zero-order valence-corrected chi connectivity index (χ0v) is 16.8. The summed E-state index contributed by atoms with van der Waals surface area (Å²) < 4.78 is 0. The van der Waals surface area contributed by atoms with Crippen molar-refractivity contribution in [3.05, 3.63) is 40.8 Å². The lowest BCUT2D eigenvalue weighted by atomic mass is 10.0. The van der Waals surface area contributed by atoms with Crippen LogP contribution in [0.2, 0.25) is 0 Å². The van der Waals surface area contributed by atoms with Crippen LogP contribution < -0.4 is 10.2 Å². The molecule has 0 unspecified atom stereocenters. The monoisotopic (exact) mass is 392 g/mol. The van der Waals surface area contributed by atoms with Crippen molar-refractivity contribution in [1.29, 1.82) is 0 Å². The molecule has 0 bridgehead atoms. The number of fused-ring (bicyclic) bond motifs is 2. The van der Waals surface area contributed by atoms with Crippen LogP contribution in [0.25, 0.3) is 10.7 Å². The van der Waals surface area contributed by atoms with E-state index in [-0.39, 0.29) is 11.3 Å². The molecule has 142 valence electrons. The molecule has 8 heteroatoms. The number of nitrogens with zero attached hydrogens (tertiary/aromatic N) is 5. The first-order valence-electron chi connectivity index (χ1n) is 9.28. The molecule has 28 heavy (non-hydrogen) atoms. The zero-order chi connectivity index (χ0) is 19.5. The molecule has 1 spiro atoms. The number of hydrogen-bond acceptors (Lipinski definition) is 7. The van der Waals surface area contributed by atoms with E-state index < -0.39 is 0 Å². The lowest BCUT2D eigenvalue weighted by Crippen LogP contribution is -2.20. The maximum absolute atomic E-state index is 11.5. The predicted octanol–water partition coefficient (Wildman–Crippen LogP) is 3.75. The molecule has 0 saturated heterocycles. The number of hydrogen-bond donors (Lipinski definition) is 1. The summed E-state index contributed by atoms with van der Waals surface area (Å²) in [5, 5.41) is 3.79. The van der Waals surface area contributed by atoms with Gasteiger partial charge in [0.1, 0.15) is 11.6 Å². The van der Waals surface area contributed by atoms with Crippen LogP contribution >= 0.6 is 11.3 Å². The number of carbonyl (C=O) groups excluding carboxylic acids is 1. The number of aromatic nitrogens is 4. The van der Waals surface area contributed by atoms with E-state index in [4.69, 9.17) is 4.98 Å². The minimum atomic E-state index is -0.126. The molecule has 3 aromatic heterocycles. The number of rotatable bonds is 3. The van der Waals surface area contributed by atoms with Gasteiger partial charge in [-0.05, 0) is 26.7 Å². The van der Waals surface area contributed by atoms with Gasteiger partial charge in [-0.2, -0.15) is 0 Å². The number of pyridine rings is 1. The Kier molecular flexibility index (Phi) is 3.74. The first-order valence-corrected chi connectivity index (χ1v) is 10.1. The first kappa shape index (κ1) is 17.2. The lowest BCUT2D eigenvalue weighted by Gasteiger charge is -2.20. The molecule has 3 aromatic rings. The fourth-order valence-corrected chi connectivity index (χ4v) is 4.56. The molecule has 4 heterocycles. The highest BCUT2D eigenvalue weighted by Crippen LogP contribution is 2.58. The minimum absolute atomic E-state index is 0.126. The van der Waals surface area contributed by atoms with Gasteiger partial charge in [-0.25, -0.2) is 19.9 Å². The van der Waals surface area contributed by atoms with Crippen molar-refractivity contribution in [3.8, 4) is 10.7 Å². The average molecular weight is 392 g/mol. The summed E-state index contributed by atoms with van der Waals surface area (Å²) >= 11 is 1.60. The second-order valence-electron chi connectivity index (χ2n) is 7.57. The fraction of sp³-hybridized carbons (Fsp3) is 0.350. The zero-order valence-electron chi connectivity index (χ0n) is 16.0. The Hall–Kier alpha value is -2.87. The number of thiazole rings is 1. The third kappa shape index (κ3) is 2.84. The Morgan fingerprint density at radius 3 is 2.68 bits per heavy atom. The summed E-state index contributed by atoms with van der Waals surface area (Å²) in [5.74, 6) is 2.02. The van der Waals surface area contributed by atoms with Crippen molar-refractivity contribution in [2.24, 2.45) is 0 Å². The van der Waals surface area contributed by atoms with Crippen molar-refractivity contribution >= 4 is 34.6 Å². The second kappa shape index (κ2) is 6.07. The summed E-state index contributed by atoms with van der Waals surface area (Å²) in [6.45, 7) is 6.34. The van der Waals surface area contributed by atoms with E-state index in [9.17, 15) is 4.79 Å². The van der Waals surface area contributed by atoms with Gasteiger partial charge in [0.2, 0.25) is 5.91 Å². The van der Waals surface area contributed by atoms with E-state index >= 15 is 0 Å². The highest BCUT2D eigenvalue weighted by Gasteiger charge is 2.52. The van der Waals surface area contributed by atoms with Gasteiger partial charge in [0.25, 0.3) is 0 Å². The summed E-state index contributed by atoms with van der Waals surface area (Å²) in [6.07, 6.45) is 6.05. The van der Waals surface area contributed by atoms with Crippen LogP contribution in [0.4, 0.5) is 17.3 Å². The minimum Gasteiger partial charge on any atom is -0.325 e. The molecule has 1 saturated carbocycles. The van der Waals surface area contributed by atoms with Gasteiger partial charge in [0.15, 0.2) is 5.82 Å². The molecule has 1 N–H and O–H groups in total. The van der Waals surface area contributed by atoms with Crippen LogP contribution in [0, 0.1) is 13.8 Å². The highest BCUT2D eigenvalue weighted by atomic mass is 32.1. The number of amides is 1. The van der Waals surface area contributed by atoms with Gasteiger partial charge in [0.05, 0.1) is 15.6 Å². The van der Waals surface area contributed by atoms with E-state index in [1.807, 2.05) is 38.4 Å². The molecule has 2 aliphatic rings. The van der Waals surface area contributed by atoms with Crippen LogP contribution in [-0.4, -0.2) is 32.4 Å². The van der Waals surface area contributed by atoms with E-state index in [2.05, 4.69) is 25.2 Å². The summed E-state index contributed by atoms with van der Waals surface area (Å²) in [6, 6.07) is 3.97. The van der Waals surface area contributed by atoms with Crippen molar-refractivity contribution < 1.29 is 4.79 Å². The molecule has 0 atom stereocenters. The second-order valence-corrected chi connectivity index (χ2v) is 8.80. The molecule has 7 nitrogen and oxygen atoms in total. The van der Waals surface area contributed by atoms with Crippen LogP contribution in [0.5, 0.6) is 0 Å². The van der Waals surface area contributed by atoms with E-state index in [0.29, 0.717) is 11.6 Å². The van der Waals surface area contributed by atoms with Crippen LogP contribution in [0.1, 0.15) is 36.0 Å². The first-order chi connectivity index (χ1) is 13.4. The predicted molar refractivity (Wildman–Crippen MR) is 109 cm³/mol. The Labute approximate surface area is 166 Å². The van der Waals surface area contributed by atoms with Crippen molar-refractivity contribution in [1.82, 2.24) is 19.9 Å². The van der Waals surface area contributed by atoms with Gasteiger partial charge in [0, 0.05) is 54.7 Å². The smallest absolute Gasteiger partial charge is 0.222 e. The lowest BCUT2D eigenvalue weighted by molar-refractivity contribution is -0.114. The molecule has 1 fully saturated rings. The average Bonchev–Trinajstić information content (AvgIpc) is 3.17. The molecule has 1 amide bonds. The molecule has 0 aromatic carbocycles. The van der Waals surface area contributed by atoms with Crippen LogP contribution in [0.15, 0.2) is 24.5 Å². The maximum Gasteiger partial charge on any atom is 0.222 e. The SMILES string of the molecule is CC(=O)Nc1cc2c(cn1)C1(CC1)CN2c1cc(C)nc(-c2cnc(C)s2)n1. The van der Waals surface area contributed by atoms with E-state index in [1.54, 1.807) is 11.3 Å². The van der Waals surface area contributed by atoms with E-state index in [1.165, 1.54) is 12.5 Å². The Bertz CT molecular complexity index is 1100. The summed E-state index contributed by atoms with van der Waals surface area (Å²) in [5.41, 5.74) is 3.39. The standard InChI is InChI=1S/C20H20N6OS/c1-11-6-18(25-19(23-11)16-9-21-13(3)28-16)26-10-20(4-5-20)14-8-22-17(7-15(14)26)24-12(2)27/h6-9H,4-5,10H2,1-3H3,(H,22,24,27). The highest BCUT2D eigenvalue weighted by molar-refractivity contribution is 7.14. The number of aryl methyl sites for hydroxylation is 2. The van der Waals surface area contributed by atoms with Crippen molar-refractivity contribution in [3.63, 3.8) is 0 Å². The number of anilines is 3. The van der Waals surface area contributed by atoms with Gasteiger partial charge < -0.3 is 10.2 Å². The summed E-state index contributed by atoms with van der Waals surface area (Å²) in [4.78, 5) is 32.9. The Morgan fingerprint density at radius 1 is 1.18 bits per heavy atom. The maximum atomic E-state index is 11.5. The molecule has 0 radical (unpaired) electrons. The van der Waals surface area contributed by atoms with Crippen molar-refractivity contribution in [2.45, 2.75) is 39.0 Å². The molecule has 1 aliphatic heterocycles. The Balaban J connectivity index is 1.59. The van der Waals surface area contributed by atoms with Crippen LogP contribution in [-0.2, 0) is 10.2 Å². The van der Waals surface area contributed by atoms with Gasteiger partial charge in [-0.15, -0.1) is 11.3 Å². The van der Waals surface area contributed by atoms with Crippen LogP contribution in [0.3, 0.4) is 0 Å². The third-order valence-electron chi connectivity index (χ3n) is 5.32. The van der Waals surface area contributed by atoms with E-state index in [0.717, 1.165) is 46.5 Å².